The molecule has 0 unspecified atom stereocenters. The summed E-state index contributed by atoms with van der Waals surface area (Å²) in [6.07, 6.45) is 2.33. The molecule has 5 nitrogen and oxygen atoms in total. The van der Waals surface area contributed by atoms with E-state index in [0.29, 0.717) is 12.2 Å². The standard InChI is InChI=1S/C10H20N2O3S/c1-10(2,11-3)9(15)12-7(8(13)14)5-6-16-4/h7,11H,5-6H2,1-4H3,(H,12,15)(H,13,14)/t7-/m0/s1. The third-order valence-electron chi connectivity index (χ3n) is 2.41. The molecule has 0 saturated heterocycles. The Morgan fingerprint density at radius 2 is 2.00 bits per heavy atom. The molecule has 0 aromatic heterocycles. The van der Waals surface area contributed by atoms with Crippen LogP contribution in [-0.2, 0) is 9.59 Å². The van der Waals surface area contributed by atoms with Gasteiger partial charge in [-0.2, -0.15) is 11.8 Å². The molecule has 6 heteroatoms. The number of carboxylic acid groups (broad SMARTS) is 1. The predicted molar refractivity (Wildman–Crippen MR) is 65.7 cm³/mol. The highest BCUT2D eigenvalue weighted by molar-refractivity contribution is 7.98. The summed E-state index contributed by atoms with van der Waals surface area (Å²) in [5.74, 6) is -0.588. The number of thioether (sulfide) groups is 1. The van der Waals surface area contributed by atoms with E-state index in [9.17, 15) is 9.59 Å². The van der Waals surface area contributed by atoms with Gasteiger partial charge in [0.2, 0.25) is 5.91 Å². The van der Waals surface area contributed by atoms with Crippen molar-refractivity contribution in [1.82, 2.24) is 10.6 Å². The maximum absolute atomic E-state index is 11.7. The zero-order valence-electron chi connectivity index (χ0n) is 10.2. The lowest BCUT2D eigenvalue weighted by atomic mass is 10.0. The van der Waals surface area contributed by atoms with E-state index in [1.165, 1.54) is 0 Å². The molecule has 0 fully saturated rings. The summed E-state index contributed by atoms with van der Waals surface area (Å²) in [6, 6.07) is -0.812. The summed E-state index contributed by atoms with van der Waals surface area (Å²) in [4.78, 5) is 22.6. The van der Waals surface area contributed by atoms with Gasteiger partial charge in [-0.05, 0) is 39.3 Å². The van der Waals surface area contributed by atoms with E-state index in [1.807, 2.05) is 6.26 Å². The number of amides is 1. The first-order chi connectivity index (χ1) is 7.35. The van der Waals surface area contributed by atoms with Crippen LogP contribution in [0, 0.1) is 0 Å². The maximum Gasteiger partial charge on any atom is 0.326 e. The van der Waals surface area contributed by atoms with E-state index in [2.05, 4.69) is 10.6 Å². The van der Waals surface area contributed by atoms with E-state index in [-0.39, 0.29) is 5.91 Å². The molecule has 0 saturated carbocycles. The summed E-state index contributed by atoms with van der Waals surface area (Å²) < 4.78 is 0. The second-order valence-corrected chi connectivity index (χ2v) is 5.01. The molecule has 0 aliphatic heterocycles. The van der Waals surface area contributed by atoms with E-state index in [1.54, 1.807) is 32.7 Å². The van der Waals surface area contributed by atoms with Crippen LogP contribution in [-0.4, -0.2) is 47.6 Å². The van der Waals surface area contributed by atoms with Gasteiger partial charge < -0.3 is 15.7 Å². The highest BCUT2D eigenvalue weighted by Gasteiger charge is 2.29. The molecule has 1 atom stereocenters. The third-order valence-corrected chi connectivity index (χ3v) is 3.05. The lowest BCUT2D eigenvalue weighted by Gasteiger charge is -2.25. The average molecular weight is 248 g/mol. The zero-order chi connectivity index (χ0) is 12.8. The number of carbonyl (C=O) groups excluding carboxylic acids is 1. The molecular weight excluding hydrogens is 228 g/mol. The Morgan fingerprint density at radius 1 is 1.44 bits per heavy atom. The molecule has 0 aromatic rings. The Balaban J connectivity index is 4.40. The lowest BCUT2D eigenvalue weighted by molar-refractivity contribution is -0.142. The third kappa shape index (κ3) is 4.85. The van der Waals surface area contributed by atoms with Gasteiger partial charge in [0, 0.05) is 0 Å². The van der Waals surface area contributed by atoms with Crippen molar-refractivity contribution in [2.24, 2.45) is 0 Å². The molecule has 94 valence electrons. The van der Waals surface area contributed by atoms with Gasteiger partial charge in [-0.1, -0.05) is 0 Å². The zero-order valence-corrected chi connectivity index (χ0v) is 11.0. The molecule has 0 aliphatic carbocycles. The van der Waals surface area contributed by atoms with E-state index < -0.39 is 17.6 Å². The number of aliphatic carboxylic acids is 1. The summed E-state index contributed by atoms with van der Waals surface area (Å²) in [7, 11) is 1.66. The number of hydrogen-bond donors (Lipinski definition) is 3. The van der Waals surface area contributed by atoms with E-state index >= 15 is 0 Å². The second-order valence-electron chi connectivity index (χ2n) is 4.02. The Hall–Kier alpha value is -0.750. The van der Waals surface area contributed by atoms with Crippen molar-refractivity contribution in [2.45, 2.75) is 31.8 Å². The van der Waals surface area contributed by atoms with Crippen molar-refractivity contribution in [2.75, 3.05) is 19.1 Å². The molecular formula is C10H20N2O3S. The topological polar surface area (TPSA) is 78.4 Å². The molecule has 0 aromatic carbocycles. The molecule has 0 bridgehead atoms. The van der Waals surface area contributed by atoms with Gasteiger partial charge in [-0.3, -0.25) is 4.79 Å². The van der Waals surface area contributed by atoms with Crippen molar-refractivity contribution in [3.63, 3.8) is 0 Å². The smallest absolute Gasteiger partial charge is 0.326 e. The first-order valence-corrected chi connectivity index (χ1v) is 6.46. The van der Waals surface area contributed by atoms with Crippen molar-refractivity contribution in [1.29, 1.82) is 0 Å². The van der Waals surface area contributed by atoms with Crippen LogP contribution in [0.5, 0.6) is 0 Å². The Labute approximate surface area is 100 Å². The van der Waals surface area contributed by atoms with Crippen molar-refractivity contribution in [3.05, 3.63) is 0 Å². The maximum atomic E-state index is 11.7. The normalized spacial score (nSPS) is 13.2. The molecule has 1 amide bonds. The number of rotatable bonds is 7. The SMILES string of the molecule is CNC(C)(C)C(=O)N[C@@H](CCSC)C(=O)O. The van der Waals surface area contributed by atoms with Gasteiger partial charge in [0.25, 0.3) is 0 Å². The summed E-state index contributed by atoms with van der Waals surface area (Å²) in [6.45, 7) is 3.41. The van der Waals surface area contributed by atoms with E-state index in [4.69, 9.17) is 5.11 Å². The number of nitrogens with one attached hydrogen (secondary N) is 2. The van der Waals surface area contributed by atoms with Gasteiger partial charge >= 0.3 is 5.97 Å². The number of carboxylic acids is 1. The quantitative estimate of drug-likeness (QED) is 0.604. The fourth-order valence-corrected chi connectivity index (χ4v) is 1.42. The van der Waals surface area contributed by atoms with Gasteiger partial charge in [0.05, 0.1) is 5.54 Å². The van der Waals surface area contributed by atoms with Gasteiger partial charge in [-0.25, -0.2) is 4.79 Å². The summed E-state index contributed by atoms with van der Waals surface area (Å²) in [5, 5.41) is 14.3. The van der Waals surface area contributed by atoms with Gasteiger partial charge in [-0.15, -0.1) is 0 Å². The molecule has 0 spiro atoms. The van der Waals surface area contributed by atoms with Crippen LogP contribution >= 0.6 is 11.8 Å². The predicted octanol–water partition coefficient (Wildman–Crippen LogP) is 0.307. The number of hydrogen-bond acceptors (Lipinski definition) is 4. The van der Waals surface area contributed by atoms with Gasteiger partial charge in [0.15, 0.2) is 0 Å². The van der Waals surface area contributed by atoms with Crippen LogP contribution < -0.4 is 10.6 Å². The van der Waals surface area contributed by atoms with Crippen LogP contribution in [0.25, 0.3) is 0 Å². The second kappa shape index (κ2) is 6.75. The Morgan fingerprint density at radius 3 is 2.38 bits per heavy atom. The minimum absolute atomic E-state index is 0.302. The molecule has 16 heavy (non-hydrogen) atoms. The fourth-order valence-electron chi connectivity index (χ4n) is 0.945. The lowest BCUT2D eigenvalue weighted by Crippen LogP contribution is -2.55. The molecule has 3 N–H and O–H groups in total. The van der Waals surface area contributed by atoms with Crippen molar-refractivity contribution in [3.8, 4) is 0 Å². The Kier molecular flexibility index (Phi) is 6.43. The minimum Gasteiger partial charge on any atom is -0.480 e. The molecule has 0 heterocycles. The minimum atomic E-state index is -0.991. The highest BCUT2D eigenvalue weighted by Crippen LogP contribution is 2.05. The summed E-state index contributed by atoms with van der Waals surface area (Å²) >= 11 is 1.56. The van der Waals surface area contributed by atoms with Crippen LogP contribution in [0.1, 0.15) is 20.3 Å². The van der Waals surface area contributed by atoms with Crippen molar-refractivity contribution >= 4 is 23.6 Å². The molecule has 0 rings (SSSR count). The first kappa shape index (κ1) is 15.2. The summed E-state index contributed by atoms with van der Waals surface area (Å²) in [5.41, 5.74) is -0.757. The molecule has 0 radical (unpaired) electrons. The number of carbonyl (C=O) groups is 2. The Bertz CT molecular complexity index is 256. The van der Waals surface area contributed by atoms with Crippen LogP contribution in [0.2, 0.25) is 0 Å². The largest absolute Gasteiger partial charge is 0.480 e. The van der Waals surface area contributed by atoms with E-state index in [0.717, 1.165) is 0 Å². The highest BCUT2D eigenvalue weighted by atomic mass is 32.2. The molecule has 0 aliphatic rings. The van der Waals surface area contributed by atoms with Crippen LogP contribution in [0.15, 0.2) is 0 Å². The van der Waals surface area contributed by atoms with Crippen molar-refractivity contribution < 1.29 is 14.7 Å². The van der Waals surface area contributed by atoms with Crippen LogP contribution in [0.3, 0.4) is 0 Å². The van der Waals surface area contributed by atoms with Crippen LogP contribution in [0.4, 0.5) is 0 Å². The van der Waals surface area contributed by atoms with Gasteiger partial charge in [0.1, 0.15) is 6.04 Å². The average Bonchev–Trinajstić information content (AvgIpc) is 2.23. The number of likely N-dealkylation sites (N-methyl/N-ethyl adjacent to an activating group) is 1. The first-order valence-electron chi connectivity index (χ1n) is 5.06. The fraction of sp³-hybridized carbons (Fsp3) is 0.800. The monoisotopic (exact) mass is 248 g/mol.